The minimum atomic E-state index is -0.536. The van der Waals surface area contributed by atoms with Gasteiger partial charge in [-0.05, 0) is 36.3 Å². The van der Waals surface area contributed by atoms with Gasteiger partial charge < -0.3 is 10.5 Å². The van der Waals surface area contributed by atoms with Crippen LogP contribution in [0.15, 0.2) is 53.3 Å². The highest BCUT2D eigenvalue weighted by atomic mass is 32.1. The van der Waals surface area contributed by atoms with Crippen LogP contribution < -0.4 is 20.6 Å². The van der Waals surface area contributed by atoms with Crippen LogP contribution in [0.25, 0.3) is 22.4 Å². The number of aryl methyl sites for hydroxylation is 1. The zero-order valence-electron chi connectivity index (χ0n) is 15.0. The maximum atomic E-state index is 12.7. The fourth-order valence-electron chi connectivity index (χ4n) is 2.74. The molecule has 0 bridgehead atoms. The van der Waals surface area contributed by atoms with Gasteiger partial charge in [0.05, 0.1) is 4.53 Å². The molecule has 0 fully saturated rings. The lowest BCUT2D eigenvalue weighted by molar-refractivity contribution is -0.119. The Morgan fingerprint density at radius 2 is 1.96 bits per heavy atom. The third-order valence-electron chi connectivity index (χ3n) is 4.13. The molecule has 0 aliphatic rings. The summed E-state index contributed by atoms with van der Waals surface area (Å²) >= 11 is 1.29. The van der Waals surface area contributed by atoms with Crippen LogP contribution in [-0.4, -0.2) is 27.1 Å². The average molecular weight is 392 g/mol. The van der Waals surface area contributed by atoms with Gasteiger partial charge in [0.25, 0.3) is 11.5 Å². The SMILES string of the molecule is Cc1ccccc1-c1nc2sc(=Cc3ccc(OCC(N)=O)cc3)c(=O)n2n1. The van der Waals surface area contributed by atoms with Crippen molar-refractivity contribution in [1.29, 1.82) is 0 Å². The van der Waals surface area contributed by atoms with Crippen LogP contribution in [0.2, 0.25) is 0 Å². The standard InChI is InChI=1S/C20H16N4O3S/c1-12-4-2-3-5-15(12)18-22-20-24(23-18)19(26)16(28-20)10-13-6-8-14(9-7-13)27-11-17(21)25/h2-10H,11H2,1H3,(H2,21,25). The molecule has 0 aliphatic carbocycles. The molecule has 0 atom stereocenters. The Morgan fingerprint density at radius 1 is 1.21 bits per heavy atom. The van der Waals surface area contributed by atoms with Gasteiger partial charge in [-0.15, -0.1) is 5.10 Å². The summed E-state index contributed by atoms with van der Waals surface area (Å²) in [5.74, 6) is 0.541. The zero-order valence-corrected chi connectivity index (χ0v) is 15.8. The summed E-state index contributed by atoms with van der Waals surface area (Å²) in [5.41, 5.74) is 7.64. The second-order valence-corrected chi connectivity index (χ2v) is 7.19. The van der Waals surface area contributed by atoms with Crippen LogP contribution in [0.3, 0.4) is 0 Å². The van der Waals surface area contributed by atoms with Crippen molar-refractivity contribution in [1.82, 2.24) is 14.6 Å². The number of rotatable bonds is 5. The number of hydrogen-bond acceptors (Lipinski definition) is 6. The van der Waals surface area contributed by atoms with E-state index in [1.807, 2.05) is 31.2 Å². The van der Waals surface area contributed by atoms with Gasteiger partial charge in [0.2, 0.25) is 4.96 Å². The third-order valence-corrected chi connectivity index (χ3v) is 5.09. The molecule has 8 heteroatoms. The molecule has 4 aromatic rings. The molecule has 7 nitrogen and oxygen atoms in total. The number of carbonyl (C=O) groups excluding carboxylic acids is 1. The molecule has 140 valence electrons. The number of ether oxygens (including phenoxy) is 1. The van der Waals surface area contributed by atoms with E-state index in [-0.39, 0.29) is 12.2 Å². The Bertz CT molecular complexity index is 1280. The fourth-order valence-corrected chi connectivity index (χ4v) is 3.65. The number of primary amides is 1. The molecule has 1 amide bonds. The van der Waals surface area contributed by atoms with E-state index < -0.39 is 5.91 Å². The molecule has 0 saturated heterocycles. The van der Waals surface area contributed by atoms with Crippen molar-refractivity contribution in [2.75, 3.05) is 6.61 Å². The molecular weight excluding hydrogens is 376 g/mol. The Hall–Kier alpha value is -3.52. The van der Waals surface area contributed by atoms with Gasteiger partial charge >= 0.3 is 0 Å². The second kappa shape index (κ2) is 7.24. The Kier molecular flexibility index (Phi) is 4.62. The van der Waals surface area contributed by atoms with Crippen LogP contribution in [-0.2, 0) is 4.79 Å². The van der Waals surface area contributed by atoms with Crippen LogP contribution in [0.1, 0.15) is 11.1 Å². The number of hydrogen-bond donors (Lipinski definition) is 1. The predicted molar refractivity (Wildman–Crippen MR) is 107 cm³/mol. The molecule has 4 rings (SSSR count). The van der Waals surface area contributed by atoms with E-state index in [2.05, 4.69) is 10.1 Å². The summed E-state index contributed by atoms with van der Waals surface area (Å²) < 4.78 is 7.10. The van der Waals surface area contributed by atoms with E-state index in [4.69, 9.17) is 10.5 Å². The molecule has 28 heavy (non-hydrogen) atoms. The first kappa shape index (κ1) is 17.9. The largest absolute Gasteiger partial charge is 0.484 e. The molecule has 2 heterocycles. The van der Waals surface area contributed by atoms with Crippen LogP contribution in [0, 0.1) is 6.92 Å². The summed E-state index contributed by atoms with van der Waals surface area (Å²) in [6.07, 6.45) is 1.77. The van der Waals surface area contributed by atoms with Crippen molar-refractivity contribution < 1.29 is 9.53 Å². The van der Waals surface area contributed by atoms with Crippen molar-refractivity contribution in [3.05, 3.63) is 74.5 Å². The van der Waals surface area contributed by atoms with Gasteiger partial charge in [0.15, 0.2) is 12.4 Å². The van der Waals surface area contributed by atoms with Gasteiger partial charge in [-0.1, -0.05) is 47.7 Å². The lowest BCUT2D eigenvalue weighted by Gasteiger charge is -2.03. The quantitative estimate of drug-likeness (QED) is 0.555. The first-order valence-corrected chi connectivity index (χ1v) is 9.31. The van der Waals surface area contributed by atoms with Crippen LogP contribution in [0.4, 0.5) is 0 Å². The van der Waals surface area contributed by atoms with Crippen molar-refractivity contribution in [2.45, 2.75) is 6.92 Å². The Labute approximate surface area is 163 Å². The van der Waals surface area contributed by atoms with Gasteiger partial charge in [-0.25, -0.2) is 0 Å². The smallest absolute Gasteiger partial charge is 0.291 e. The number of fused-ring (bicyclic) bond motifs is 1. The van der Waals surface area contributed by atoms with E-state index in [1.165, 1.54) is 15.9 Å². The number of benzene rings is 2. The molecule has 0 radical (unpaired) electrons. The highest BCUT2D eigenvalue weighted by Crippen LogP contribution is 2.20. The lowest BCUT2D eigenvalue weighted by Crippen LogP contribution is -2.23. The molecule has 2 N–H and O–H groups in total. The van der Waals surface area contributed by atoms with Gasteiger partial charge in [0, 0.05) is 5.56 Å². The topological polar surface area (TPSA) is 99.6 Å². The van der Waals surface area contributed by atoms with Crippen molar-refractivity contribution in [2.24, 2.45) is 5.73 Å². The van der Waals surface area contributed by atoms with Crippen molar-refractivity contribution in [3.8, 4) is 17.1 Å². The number of nitrogens with zero attached hydrogens (tertiary/aromatic N) is 3. The maximum Gasteiger partial charge on any atom is 0.291 e. The normalized spacial score (nSPS) is 11.8. The van der Waals surface area contributed by atoms with Crippen molar-refractivity contribution in [3.63, 3.8) is 0 Å². The van der Waals surface area contributed by atoms with E-state index in [1.54, 1.807) is 30.3 Å². The first-order chi connectivity index (χ1) is 13.5. The fraction of sp³-hybridized carbons (Fsp3) is 0.100. The van der Waals surface area contributed by atoms with E-state index in [0.717, 1.165) is 16.7 Å². The molecule has 0 saturated carbocycles. The molecule has 0 spiro atoms. The highest BCUT2D eigenvalue weighted by molar-refractivity contribution is 7.15. The molecule has 2 aromatic carbocycles. The number of carbonyl (C=O) groups is 1. The summed E-state index contributed by atoms with van der Waals surface area (Å²) in [6, 6.07) is 14.8. The van der Waals surface area contributed by atoms with Gasteiger partial charge in [-0.2, -0.15) is 9.50 Å². The maximum absolute atomic E-state index is 12.7. The number of amides is 1. The molecule has 2 aromatic heterocycles. The minimum Gasteiger partial charge on any atom is -0.484 e. The summed E-state index contributed by atoms with van der Waals surface area (Å²) in [5, 5.41) is 4.38. The lowest BCUT2D eigenvalue weighted by atomic mass is 10.1. The van der Waals surface area contributed by atoms with E-state index in [0.29, 0.717) is 21.1 Å². The van der Waals surface area contributed by atoms with Crippen molar-refractivity contribution >= 4 is 28.3 Å². The average Bonchev–Trinajstić information content (AvgIpc) is 3.21. The van der Waals surface area contributed by atoms with Gasteiger partial charge in [-0.3, -0.25) is 9.59 Å². The Morgan fingerprint density at radius 3 is 2.64 bits per heavy atom. The predicted octanol–water partition coefficient (Wildman–Crippen LogP) is 1.54. The van der Waals surface area contributed by atoms with Crippen LogP contribution in [0.5, 0.6) is 5.75 Å². The monoisotopic (exact) mass is 392 g/mol. The number of thiazole rings is 1. The molecule has 0 aliphatic heterocycles. The summed E-state index contributed by atoms with van der Waals surface area (Å²) in [4.78, 5) is 28.5. The highest BCUT2D eigenvalue weighted by Gasteiger charge is 2.13. The molecule has 0 unspecified atom stereocenters. The van der Waals surface area contributed by atoms with Crippen LogP contribution >= 0.6 is 11.3 Å². The third kappa shape index (κ3) is 3.49. The summed E-state index contributed by atoms with van der Waals surface area (Å²) in [6.45, 7) is 1.81. The van der Waals surface area contributed by atoms with Gasteiger partial charge in [0.1, 0.15) is 5.75 Å². The summed E-state index contributed by atoms with van der Waals surface area (Å²) in [7, 11) is 0. The second-order valence-electron chi connectivity index (χ2n) is 6.18. The number of aromatic nitrogens is 3. The first-order valence-electron chi connectivity index (χ1n) is 8.50. The minimum absolute atomic E-state index is 0.176. The van der Waals surface area contributed by atoms with E-state index >= 15 is 0 Å². The van der Waals surface area contributed by atoms with E-state index in [9.17, 15) is 9.59 Å². The zero-order chi connectivity index (χ0) is 19.7. The Balaban J connectivity index is 1.65. The number of nitrogens with two attached hydrogens (primary N) is 1. The molecular formula is C20H16N4O3S.